The van der Waals surface area contributed by atoms with Crippen molar-refractivity contribution in [3.05, 3.63) is 6.33 Å². The summed E-state index contributed by atoms with van der Waals surface area (Å²) in [6.07, 6.45) is 5.26. The van der Waals surface area contributed by atoms with Gasteiger partial charge in [-0.25, -0.2) is 4.98 Å². The molecule has 1 fully saturated rings. The van der Waals surface area contributed by atoms with E-state index in [0.717, 1.165) is 19.3 Å². The average molecular weight is 266 g/mol. The summed E-state index contributed by atoms with van der Waals surface area (Å²) in [5.41, 5.74) is 5.58. The van der Waals surface area contributed by atoms with Crippen LogP contribution in [0.5, 0.6) is 5.88 Å². The lowest BCUT2D eigenvalue weighted by Crippen LogP contribution is -2.41. The van der Waals surface area contributed by atoms with Gasteiger partial charge >= 0.3 is 0 Å². The molecule has 2 rings (SSSR count). The highest BCUT2D eigenvalue weighted by Gasteiger charge is 2.32. The van der Waals surface area contributed by atoms with Crippen molar-refractivity contribution < 1.29 is 9.84 Å². The summed E-state index contributed by atoms with van der Waals surface area (Å²) >= 11 is 0. The first-order valence-corrected chi connectivity index (χ1v) is 6.65. The number of nitrogen functional groups attached to an aromatic ring is 1. The Morgan fingerprint density at radius 3 is 3.05 bits per heavy atom. The van der Waals surface area contributed by atoms with Crippen LogP contribution in [0, 0.1) is 5.92 Å². The highest BCUT2D eigenvalue weighted by atomic mass is 16.5. The molecule has 1 aromatic rings. The second kappa shape index (κ2) is 5.61. The lowest BCUT2D eigenvalue weighted by molar-refractivity contribution is -0.000818. The summed E-state index contributed by atoms with van der Waals surface area (Å²) < 4.78 is 5.04. The van der Waals surface area contributed by atoms with Gasteiger partial charge in [-0.2, -0.15) is 4.98 Å². The number of methoxy groups -OCH3 is 1. The van der Waals surface area contributed by atoms with E-state index < -0.39 is 5.60 Å². The van der Waals surface area contributed by atoms with Crippen LogP contribution >= 0.6 is 0 Å². The minimum absolute atomic E-state index is 0.349. The van der Waals surface area contributed by atoms with Gasteiger partial charge in [-0.1, -0.05) is 19.8 Å². The maximum atomic E-state index is 10.5. The Hall–Kier alpha value is -1.56. The van der Waals surface area contributed by atoms with E-state index >= 15 is 0 Å². The predicted molar refractivity (Wildman–Crippen MR) is 74.1 cm³/mol. The van der Waals surface area contributed by atoms with Crippen LogP contribution in [0.2, 0.25) is 0 Å². The Kier molecular flexibility index (Phi) is 4.09. The third kappa shape index (κ3) is 3.26. The van der Waals surface area contributed by atoms with Crippen molar-refractivity contribution in [2.24, 2.45) is 5.92 Å². The highest BCUT2D eigenvalue weighted by molar-refractivity contribution is 5.66. The Labute approximate surface area is 113 Å². The van der Waals surface area contributed by atoms with Gasteiger partial charge < -0.3 is 20.9 Å². The number of anilines is 2. The standard InChI is InChI=1S/C13H22N4O2/c1-9-4-3-5-13(18,6-9)7-15-11-10(14)12(19-2)17-8-16-11/h8-9,18H,3-7,14H2,1-2H3,(H,15,16,17). The molecular weight excluding hydrogens is 244 g/mol. The van der Waals surface area contributed by atoms with Crippen molar-refractivity contribution in [3.63, 3.8) is 0 Å². The van der Waals surface area contributed by atoms with Crippen LogP contribution in [-0.2, 0) is 0 Å². The maximum absolute atomic E-state index is 10.5. The lowest BCUT2D eigenvalue weighted by atomic mass is 9.79. The molecule has 106 valence electrons. The molecule has 4 N–H and O–H groups in total. The molecule has 0 aromatic carbocycles. The van der Waals surface area contributed by atoms with Crippen LogP contribution in [0.1, 0.15) is 32.6 Å². The monoisotopic (exact) mass is 266 g/mol. The summed E-state index contributed by atoms with van der Waals surface area (Å²) in [7, 11) is 1.51. The van der Waals surface area contributed by atoms with Crippen molar-refractivity contribution in [1.29, 1.82) is 0 Å². The Bertz CT molecular complexity index is 441. The van der Waals surface area contributed by atoms with Crippen molar-refractivity contribution in [1.82, 2.24) is 9.97 Å². The quantitative estimate of drug-likeness (QED) is 0.763. The van der Waals surface area contributed by atoms with Crippen LogP contribution in [-0.4, -0.2) is 34.3 Å². The molecule has 1 saturated carbocycles. The van der Waals surface area contributed by atoms with Crippen molar-refractivity contribution in [2.75, 3.05) is 24.7 Å². The number of hydrogen-bond donors (Lipinski definition) is 3. The summed E-state index contributed by atoms with van der Waals surface area (Å²) in [4.78, 5) is 8.00. The van der Waals surface area contributed by atoms with E-state index in [-0.39, 0.29) is 0 Å². The highest BCUT2D eigenvalue weighted by Crippen LogP contribution is 2.33. The first-order valence-electron chi connectivity index (χ1n) is 6.65. The van der Waals surface area contributed by atoms with E-state index in [1.54, 1.807) is 0 Å². The third-order valence-electron chi connectivity index (χ3n) is 3.69. The van der Waals surface area contributed by atoms with Gasteiger partial charge in [0.1, 0.15) is 12.0 Å². The normalized spacial score (nSPS) is 27.0. The van der Waals surface area contributed by atoms with E-state index in [9.17, 15) is 5.11 Å². The molecule has 6 nitrogen and oxygen atoms in total. The lowest BCUT2D eigenvalue weighted by Gasteiger charge is -2.35. The second-order valence-electron chi connectivity index (χ2n) is 5.42. The largest absolute Gasteiger partial charge is 0.479 e. The zero-order chi connectivity index (χ0) is 13.9. The molecule has 6 heteroatoms. The van der Waals surface area contributed by atoms with E-state index in [0.29, 0.717) is 29.8 Å². The molecule has 0 aliphatic heterocycles. The Balaban J connectivity index is 2.02. The Morgan fingerprint density at radius 1 is 1.58 bits per heavy atom. The molecule has 1 aromatic heterocycles. The van der Waals surface area contributed by atoms with E-state index in [4.69, 9.17) is 10.5 Å². The molecule has 0 bridgehead atoms. The first-order chi connectivity index (χ1) is 9.04. The molecule has 0 amide bonds. The van der Waals surface area contributed by atoms with Crippen molar-refractivity contribution >= 4 is 11.5 Å². The molecule has 19 heavy (non-hydrogen) atoms. The molecule has 1 aliphatic carbocycles. The Morgan fingerprint density at radius 2 is 2.37 bits per heavy atom. The number of nitrogens with zero attached hydrogens (tertiary/aromatic N) is 2. The van der Waals surface area contributed by atoms with Crippen LogP contribution in [0.4, 0.5) is 11.5 Å². The van der Waals surface area contributed by atoms with Gasteiger partial charge in [-0.15, -0.1) is 0 Å². The van der Waals surface area contributed by atoms with E-state index in [1.165, 1.54) is 19.9 Å². The number of ether oxygens (including phenoxy) is 1. The number of aromatic nitrogens is 2. The van der Waals surface area contributed by atoms with Crippen LogP contribution in [0.15, 0.2) is 6.33 Å². The van der Waals surface area contributed by atoms with Gasteiger partial charge in [0, 0.05) is 6.54 Å². The molecule has 0 radical (unpaired) electrons. The fourth-order valence-corrected chi connectivity index (χ4v) is 2.72. The van der Waals surface area contributed by atoms with Crippen LogP contribution in [0.3, 0.4) is 0 Å². The number of aliphatic hydroxyl groups is 1. The van der Waals surface area contributed by atoms with Crippen molar-refractivity contribution in [2.45, 2.75) is 38.2 Å². The number of hydrogen-bond acceptors (Lipinski definition) is 6. The molecule has 0 spiro atoms. The van der Waals surface area contributed by atoms with Crippen LogP contribution < -0.4 is 15.8 Å². The van der Waals surface area contributed by atoms with Gasteiger partial charge in [0.2, 0.25) is 5.88 Å². The fourth-order valence-electron chi connectivity index (χ4n) is 2.72. The summed E-state index contributed by atoms with van der Waals surface area (Å²) in [5.74, 6) is 1.41. The molecular formula is C13H22N4O2. The van der Waals surface area contributed by atoms with E-state index in [1.807, 2.05) is 0 Å². The zero-order valence-corrected chi connectivity index (χ0v) is 11.5. The molecule has 1 aliphatic rings. The minimum Gasteiger partial charge on any atom is -0.479 e. The van der Waals surface area contributed by atoms with Gasteiger partial charge in [0.05, 0.1) is 12.7 Å². The predicted octanol–water partition coefficient (Wildman–Crippen LogP) is 1.42. The number of nitrogens with one attached hydrogen (secondary N) is 1. The summed E-state index contributed by atoms with van der Waals surface area (Å²) in [5, 5.41) is 13.7. The molecule has 0 saturated heterocycles. The van der Waals surface area contributed by atoms with Crippen molar-refractivity contribution in [3.8, 4) is 5.88 Å². The molecule has 1 heterocycles. The van der Waals surface area contributed by atoms with Gasteiger partial charge in [0.15, 0.2) is 5.82 Å². The molecule has 2 unspecified atom stereocenters. The first kappa shape index (κ1) is 13.9. The maximum Gasteiger partial charge on any atom is 0.242 e. The second-order valence-corrected chi connectivity index (χ2v) is 5.42. The number of nitrogens with two attached hydrogens (primary N) is 1. The van der Waals surface area contributed by atoms with E-state index in [2.05, 4.69) is 22.2 Å². The molecule has 2 atom stereocenters. The SMILES string of the molecule is COc1ncnc(NCC2(O)CCCC(C)C2)c1N. The topological polar surface area (TPSA) is 93.3 Å². The summed E-state index contributed by atoms with van der Waals surface area (Å²) in [6, 6.07) is 0. The number of rotatable bonds is 4. The minimum atomic E-state index is -0.678. The van der Waals surface area contributed by atoms with Gasteiger partial charge in [-0.05, 0) is 18.8 Å². The summed E-state index contributed by atoms with van der Waals surface area (Å²) in [6.45, 7) is 2.62. The fraction of sp³-hybridized carbons (Fsp3) is 0.692. The van der Waals surface area contributed by atoms with Gasteiger partial charge in [-0.3, -0.25) is 0 Å². The zero-order valence-electron chi connectivity index (χ0n) is 11.5. The van der Waals surface area contributed by atoms with Gasteiger partial charge in [0.25, 0.3) is 0 Å². The third-order valence-corrected chi connectivity index (χ3v) is 3.69. The smallest absolute Gasteiger partial charge is 0.242 e. The van der Waals surface area contributed by atoms with Crippen LogP contribution in [0.25, 0.3) is 0 Å². The average Bonchev–Trinajstić information content (AvgIpc) is 2.37.